The number of benzene rings is 1. The Morgan fingerprint density at radius 1 is 1.38 bits per heavy atom. The minimum atomic E-state index is -3.38. The number of sulfone groups is 1. The van der Waals surface area contributed by atoms with Gasteiger partial charge in [-0.25, -0.2) is 8.42 Å². The van der Waals surface area contributed by atoms with Gasteiger partial charge in [0.05, 0.1) is 10.6 Å². The van der Waals surface area contributed by atoms with Gasteiger partial charge in [0, 0.05) is 25.6 Å². The second-order valence-corrected chi connectivity index (χ2v) is 7.65. The van der Waals surface area contributed by atoms with E-state index < -0.39 is 9.84 Å². The summed E-state index contributed by atoms with van der Waals surface area (Å²) in [4.78, 5) is 13.9. The standard InChI is InChI=1S/C15H22N2O3S/c1-12-4-3-7-17(15(12)18)8-9-21(19,20)14-6-2-5-13(10-14)11-16/h2,5-6,10,12H,3-4,7-9,11,16H2,1H3. The molecular weight excluding hydrogens is 288 g/mol. The van der Waals surface area contributed by atoms with Gasteiger partial charge in [-0.05, 0) is 30.5 Å². The van der Waals surface area contributed by atoms with Crippen molar-refractivity contribution in [1.29, 1.82) is 0 Å². The van der Waals surface area contributed by atoms with Gasteiger partial charge in [0.15, 0.2) is 9.84 Å². The Morgan fingerprint density at radius 2 is 2.14 bits per heavy atom. The fourth-order valence-corrected chi connectivity index (χ4v) is 3.88. The van der Waals surface area contributed by atoms with Crippen LogP contribution in [-0.4, -0.2) is 38.1 Å². The van der Waals surface area contributed by atoms with Crippen molar-refractivity contribution in [2.24, 2.45) is 11.7 Å². The van der Waals surface area contributed by atoms with Gasteiger partial charge >= 0.3 is 0 Å². The number of likely N-dealkylation sites (tertiary alicyclic amines) is 1. The first kappa shape index (κ1) is 16.0. The summed E-state index contributed by atoms with van der Waals surface area (Å²) >= 11 is 0. The Morgan fingerprint density at radius 3 is 2.86 bits per heavy atom. The van der Waals surface area contributed by atoms with Crippen LogP contribution in [0.25, 0.3) is 0 Å². The molecule has 1 atom stereocenters. The van der Waals surface area contributed by atoms with Gasteiger partial charge < -0.3 is 10.6 Å². The molecule has 0 bridgehead atoms. The van der Waals surface area contributed by atoms with Crippen molar-refractivity contribution in [2.75, 3.05) is 18.8 Å². The molecule has 1 heterocycles. The molecule has 21 heavy (non-hydrogen) atoms. The van der Waals surface area contributed by atoms with E-state index in [1.165, 1.54) is 0 Å². The Hall–Kier alpha value is -1.40. The van der Waals surface area contributed by atoms with E-state index in [2.05, 4.69) is 0 Å². The van der Waals surface area contributed by atoms with E-state index in [0.717, 1.165) is 18.4 Å². The first-order chi connectivity index (χ1) is 9.94. The van der Waals surface area contributed by atoms with E-state index in [9.17, 15) is 13.2 Å². The Balaban J connectivity index is 2.05. The molecule has 116 valence electrons. The highest BCUT2D eigenvalue weighted by Crippen LogP contribution is 2.18. The van der Waals surface area contributed by atoms with Crippen LogP contribution in [0.15, 0.2) is 29.2 Å². The summed E-state index contributed by atoms with van der Waals surface area (Å²) in [5, 5.41) is 0. The number of hydrogen-bond donors (Lipinski definition) is 1. The average molecular weight is 310 g/mol. The zero-order valence-corrected chi connectivity index (χ0v) is 13.1. The van der Waals surface area contributed by atoms with E-state index in [-0.39, 0.29) is 29.0 Å². The molecule has 1 aromatic carbocycles. The molecule has 5 nitrogen and oxygen atoms in total. The molecule has 2 rings (SSSR count). The number of rotatable bonds is 5. The first-order valence-electron chi connectivity index (χ1n) is 7.24. The molecule has 1 unspecified atom stereocenters. The van der Waals surface area contributed by atoms with Crippen molar-refractivity contribution in [3.63, 3.8) is 0 Å². The second kappa shape index (κ2) is 6.58. The molecule has 1 amide bonds. The number of nitrogens with zero attached hydrogens (tertiary/aromatic N) is 1. The molecule has 0 aromatic heterocycles. The van der Waals surface area contributed by atoms with Crippen LogP contribution in [0.5, 0.6) is 0 Å². The average Bonchev–Trinajstić information content (AvgIpc) is 2.49. The van der Waals surface area contributed by atoms with E-state index in [4.69, 9.17) is 5.73 Å². The lowest BCUT2D eigenvalue weighted by atomic mass is 9.99. The maximum Gasteiger partial charge on any atom is 0.225 e. The molecule has 1 fully saturated rings. The second-order valence-electron chi connectivity index (χ2n) is 5.54. The van der Waals surface area contributed by atoms with Crippen LogP contribution in [0.2, 0.25) is 0 Å². The number of amides is 1. The molecule has 1 aliphatic rings. The third-order valence-corrected chi connectivity index (χ3v) is 5.61. The molecule has 1 aliphatic heterocycles. The van der Waals surface area contributed by atoms with Crippen molar-refractivity contribution in [1.82, 2.24) is 4.90 Å². The molecule has 1 saturated heterocycles. The number of carbonyl (C=O) groups excluding carboxylic acids is 1. The van der Waals surface area contributed by atoms with Gasteiger partial charge in [-0.15, -0.1) is 0 Å². The van der Waals surface area contributed by atoms with Gasteiger partial charge in [0.1, 0.15) is 0 Å². The maximum atomic E-state index is 12.4. The van der Waals surface area contributed by atoms with Crippen LogP contribution in [0.4, 0.5) is 0 Å². The summed E-state index contributed by atoms with van der Waals surface area (Å²) < 4.78 is 24.7. The molecule has 2 N–H and O–H groups in total. The van der Waals surface area contributed by atoms with E-state index >= 15 is 0 Å². The van der Waals surface area contributed by atoms with Crippen LogP contribution >= 0.6 is 0 Å². The van der Waals surface area contributed by atoms with E-state index in [1.54, 1.807) is 29.2 Å². The Labute approximate surface area is 126 Å². The smallest absolute Gasteiger partial charge is 0.225 e. The fourth-order valence-electron chi connectivity index (χ4n) is 2.57. The van der Waals surface area contributed by atoms with Gasteiger partial charge in [-0.2, -0.15) is 0 Å². The predicted molar refractivity (Wildman–Crippen MR) is 81.4 cm³/mol. The maximum absolute atomic E-state index is 12.4. The van der Waals surface area contributed by atoms with Crippen molar-refractivity contribution in [3.05, 3.63) is 29.8 Å². The van der Waals surface area contributed by atoms with Crippen molar-refractivity contribution < 1.29 is 13.2 Å². The first-order valence-corrected chi connectivity index (χ1v) is 8.90. The summed E-state index contributed by atoms with van der Waals surface area (Å²) in [6.07, 6.45) is 1.83. The summed E-state index contributed by atoms with van der Waals surface area (Å²) in [5.41, 5.74) is 6.33. The number of hydrogen-bond acceptors (Lipinski definition) is 4. The van der Waals surface area contributed by atoms with Gasteiger partial charge in [-0.1, -0.05) is 19.1 Å². The largest absolute Gasteiger partial charge is 0.341 e. The lowest BCUT2D eigenvalue weighted by molar-refractivity contribution is -0.137. The molecule has 6 heteroatoms. The zero-order chi connectivity index (χ0) is 15.5. The predicted octanol–water partition coefficient (Wildman–Crippen LogP) is 1.18. The van der Waals surface area contributed by atoms with Crippen LogP contribution in [0.1, 0.15) is 25.3 Å². The summed E-state index contributed by atoms with van der Waals surface area (Å²) in [7, 11) is -3.38. The molecule has 0 radical (unpaired) electrons. The van der Waals surface area contributed by atoms with E-state index in [0.29, 0.717) is 13.1 Å². The highest BCUT2D eigenvalue weighted by molar-refractivity contribution is 7.91. The van der Waals surface area contributed by atoms with Crippen LogP contribution in [0.3, 0.4) is 0 Å². The van der Waals surface area contributed by atoms with Crippen molar-refractivity contribution in [2.45, 2.75) is 31.2 Å². The summed E-state index contributed by atoms with van der Waals surface area (Å²) in [5.74, 6) is 0.0219. The highest BCUT2D eigenvalue weighted by Gasteiger charge is 2.26. The molecular formula is C15H22N2O3S. The number of piperidine rings is 1. The quantitative estimate of drug-likeness (QED) is 0.885. The number of nitrogens with two attached hydrogens (primary N) is 1. The lowest BCUT2D eigenvalue weighted by Crippen LogP contribution is -2.42. The highest BCUT2D eigenvalue weighted by atomic mass is 32.2. The van der Waals surface area contributed by atoms with Gasteiger partial charge in [0.2, 0.25) is 5.91 Å². The summed E-state index contributed by atoms with van der Waals surface area (Å²) in [6, 6.07) is 6.68. The third-order valence-electron chi connectivity index (χ3n) is 3.92. The molecule has 0 aliphatic carbocycles. The Kier molecular flexibility index (Phi) is 5.00. The fraction of sp³-hybridized carbons (Fsp3) is 0.533. The van der Waals surface area contributed by atoms with Gasteiger partial charge in [-0.3, -0.25) is 4.79 Å². The molecule has 0 saturated carbocycles. The minimum Gasteiger partial charge on any atom is -0.341 e. The normalized spacial score (nSPS) is 19.8. The minimum absolute atomic E-state index is 0.00187. The lowest BCUT2D eigenvalue weighted by Gasteiger charge is -2.30. The molecule has 0 spiro atoms. The monoisotopic (exact) mass is 310 g/mol. The number of carbonyl (C=O) groups is 1. The molecule has 1 aromatic rings. The third kappa shape index (κ3) is 3.83. The van der Waals surface area contributed by atoms with Crippen molar-refractivity contribution in [3.8, 4) is 0 Å². The van der Waals surface area contributed by atoms with Crippen LogP contribution in [-0.2, 0) is 21.2 Å². The summed E-state index contributed by atoms with van der Waals surface area (Å²) in [6.45, 7) is 3.12. The van der Waals surface area contributed by atoms with Gasteiger partial charge in [0.25, 0.3) is 0 Å². The van der Waals surface area contributed by atoms with Crippen molar-refractivity contribution >= 4 is 15.7 Å². The van der Waals surface area contributed by atoms with E-state index in [1.807, 2.05) is 6.92 Å². The Bertz CT molecular complexity index is 613. The SMILES string of the molecule is CC1CCCN(CCS(=O)(=O)c2cccc(CN)c2)C1=O. The zero-order valence-electron chi connectivity index (χ0n) is 12.3. The van der Waals surface area contributed by atoms with Crippen LogP contribution < -0.4 is 5.73 Å². The van der Waals surface area contributed by atoms with Crippen LogP contribution in [0, 0.1) is 5.92 Å². The topological polar surface area (TPSA) is 80.5 Å².